The third kappa shape index (κ3) is 3.38. The molecule has 1 fully saturated rings. The molecule has 1 aromatic rings. The second kappa shape index (κ2) is 6.95. The molecule has 0 aliphatic carbocycles. The largest absolute Gasteiger partial charge is 0.355 e. The fourth-order valence-electron chi connectivity index (χ4n) is 2.33. The number of nitrogens with zero attached hydrogens (tertiary/aromatic N) is 3. The van der Waals surface area contributed by atoms with Gasteiger partial charge < -0.3 is 15.5 Å². The number of hydrogen-bond donors (Lipinski definition) is 2. The number of likely N-dealkylation sites (N-methyl/N-ethyl adjacent to an activating group) is 1. The normalized spacial score (nSPS) is 18.9. The van der Waals surface area contributed by atoms with Crippen LogP contribution in [0.15, 0.2) is 0 Å². The predicted molar refractivity (Wildman–Crippen MR) is 80.4 cm³/mol. The first-order valence-corrected chi connectivity index (χ1v) is 7.95. The van der Waals surface area contributed by atoms with Gasteiger partial charge in [0.05, 0.1) is 5.69 Å². The lowest BCUT2D eigenvalue weighted by molar-refractivity contribution is -0.126. The van der Waals surface area contributed by atoms with Crippen molar-refractivity contribution in [3.8, 4) is 0 Å². The van der Waals surface area contributed by atoms with E-state index in [2.05, 4.69) is 20.2 Å². The average molecular weight is 311 g/mol. The zero-order valence-electron chi connectivity index (χ0n) is 12.5. The molecule has 8 heteroatoms. The van der Waals surface area contributed by atoms with Crippen LogP contribution in [0.25, 0.3) is 0 Å². The maximum Gasteiger partial charge on any atom is 0.268 e. The van der Waals surface area contributed by atoms with Gasteiger partial charge in [-0.3, -0.25) is 9.59 Å². The van der Waals surface area contributed by atoms with Gasteiger partial charge >= 0.3 is 0 Å². The molecule has 0 aromatic carbocycles. The Morgan fingerprint density at radius 2 is 2.29 bits per heavy atom. The molecule has 0 radical (unpaired) electrons. The first-order chi connectivity index (χ1) is 10.1. The first-order valence-electron chi connectivity index (χ1n) is 7.17. The Morgan fingerprint density at radius 3 is 2.95 bits per heavy atom. The average Bonchev–Trinajstić information content (AvgIpc) is 2.96. The highest BCUT2D eigenvalue weighted by atomic mass is 32.1. The van der Waals surface area contributed by atoms with Crippen LogP contribution in [0.2, 0.25) is 0 Å². The van der Waals surface area contributed by atoms with Gasteiger partial charge in [-0.15, -0.1) is 5.10 Å². The Bertz CT molecular complexity index is 516. The summed E-state index contributed by atoms with van der Waals surface area (Å²) in [5.74, 6) is -0.137. The van der Waals surface area contributed by atoms with Crippen LogP contribution in [0.5, 0.6) is 0 Å². The summed E-state index contributed by atoms with van der Waals surface area (Å²) in [5.41, 5.74) is 0.707. The number of rotatable bonds is 4. The Kier molecular flexibility index (Phi) is 5.24. The minimum absolute atomic E-state index is 0.123. The van der Waals surface area contributed by atoms with Crippen LogP contribution in [0.3, 0.4) is 0 Å². The van der Waals surface area contributed by atoms with Crippen LogP contribution in [0.4, 0.5) is 0 Å². The van der Waals surface area contributed by atoms with E-state index in [0.717, 1.165) is 11.5 Å². The second-order valence-electron chi connectivity index (χ2n) is 5.26. The standard InChI is InChI=1S/C13H21N5O2S/c1-4-15-12(19)9-7-14-5-6-18(9)13(20)11-10(8(2)3)16-17-21-11/h8-9,14H,4-7H2,1-3H3,(H,15,19). The van der Waals surface area contributed by atoms with Gasteiger partial charge in [-0.2, -0.15) is 0 Å². The van der Waals surface area contributed by atoms with Gasteiger partial charge in [0.2, 0.25) is 5.91 Å². The summed E-state index contributed by atoms with van der Waals surface area (Å²) in [6.07, 6.45) is 0. The van der Waals surface area contributed by atoms with E-state index in [9.17, 15) is 9.59 Å². The molecule has 2 rings (SSSR count). The molecule has 1 aliphatic heterocycles. The lowest BCUT2D eigenvalue weighted by Gasteiger charge is -2.34. The number of aromatic nitrogens is 2. The monoisotopic (exact) mass is 311 g/mol. The Morgan fingerprint density at radius 1 is 1.52 bits per heavy atom. The Balaban J connectivity index is 2.22. The molecule has 1 atom stereocenters. The topological polar surface area (TPSA) is 87.2 Å². The maximum absolute atomic E-state index is 12.8. The summed E-state index contributed by atoms with van der Waals surface area (Å²) in [4.78, 5) is 27.1. The van der Waals surface area contributed by atoms with E-state index in [1.807, 2.05) is 20.8 Å². The van der Waals surface area contributed by atoms with E-state index in [4.69, 9.17) is 0 Å². The van der Waals surface area contributed by atoms with Crippen molar-refractivity contribution in [3.63, 3.8) is 0 Å². The van der Waals surface area contributed by atoms with Crippen molar-refractivity contribution in [2.75, 3.05) is 26.2 Å². The van der Waals surface area contributed by atoms with E-state index < -0.39 is 6.04 Å². The van der Waals surface area contributed by atoms with E-state index >= 15 is 0 Å². The third-order valence-corrected chi connectivity index (χ3v) is 4.14. The molecule has 2 amide bonds. The summed E-state index contributed by atoms with van der Waals surface area (Å²) >= 11 is 1.10. The van der Waals surface area contributed by atoms with E-state index in [0.29, 0.717) is 36.8 Å². The zero-order chi connectivity index (χ0) is 15.4. The summed E-state index contributed by atoms with van der Waals surface area (Å²) in [6.45, 7) is 8.04. The number of carbonyl (C=O) groups is 2. The smallest absolute Gasteiger partial charge is 0.268 e. The van der Waals surface area contributed by atoms with Crippen molar-refractivity contribution >= 4 is 23.3 Å². The van der Waals surface area contributed by atoms with Crippen LogP contribution in [-0.2, 0) is 4.79 Å². The van der Waals surface area contributed by atoms with Crippen molar-refractivity contribution in [1.29, 1.82) is 0 Å². The lowest BCUT2D eigenvalue weighted by atomic mass is 10.1. The highest BCUT2D eigenvalue weighted by Crippen LogP contribution is 2.22. The maximum atomic E-state index is 12.8. The van der Waals surface area contributed by atoms with Gasteiger partial charge in [0.1, 0.15) is 10.9 Å². The van der Waals surface area contributed by atoms with Gasteiger partial charge in [0.25, 0.3) is 5.91 Å². The predicted octanol–water partition coefficient (Wildman–Crippen LogP) is 0.212. The summed E-state index contributed by atoms with van der Waals surface area (Å²) < 4.78 is 3.89. The second-order valence-corrected chi connectivity index (χ2v) is 6.01. The molecule has 116 valence electrons. The fraction of sp³-hybridized carbons (Fsp3) is 0.692. The molecule has 1 aliphatic rings. The van der Waals surface area contributed by atoms with Crippen LogP contribution < -0.4 is 10.6 Å². The number of amides is 2. The molecule has 1 aromatic heterocycles. The van der Waals surface area contributed by atoms with Crippen LogP contribution >= 0.6 is 11.5 Å². The zero-order valence-corrected chi connectivity index (χ0v) is 13.4. The first kappa shape index (κ1) is 15.8. The molecule has 2 N–H and O–H groups in total. The molecule has 7 nitrogen and oxygen atoms in total. The summed E-state index contributed by atoms with van der Waals surface area (Å²) in [5, 5.41) is 9.98. The molecular weight excluding hydrogens is 290 g/mol. The summed E-state index contributed by atoms with van der Waals surface area (Å²) in [7, 11) is 0. The molecular formula is C13H21N5O2S. The van der Waals surface area contributed by atoms with Gasteiger partial charge in [-0.1, -0.05) is 18.3 Å². The highest BCUT2D eigenvalue weighted by Gasteiger charge is 2.34. The molecule has 21 heavy (non-hydrogen) atoms. The number of nitrogens with one attached hydrogen (secondary N) is 2. The van der Waals surface area contributed by atoms with Crippen LogP contribution in [-0.4, -0.2) is 58.5 Å². The molecule has 1 unspecified atom stereocenters. The summed E-state index contributed by atoms with van der Waals surface area (Å²) in [6, 6.07) is -0.478. The minimum atomic E-state index is -0.478. The van der Waals surface area contributed by atoms with E-state index in [1.54, 1.807) is 4.90 Å². The Labute approximate surface area is 128 Å². The van der Waals surface area contributed by atoms with Crippen LogP contribution in [0.1, 0.15) is 42.1 Å². The minimum Gasteiger partial charge on any atom is -0.355 e. The fourth-order valence-corrected chi connectivity index (χ4v) is 3.10. The Hall–Kier alpha value is -1.54. The molecule has 0 saturated carbocycles. The molecule has 2 heterocycles. The third-order valence-electron chi connectivity index (χ3n) is 3.41. The van der Waals surface area contributed by atoms with Gasteiger partial charge in [0.15, 0.2) is 0 Å². The van der Waals surface area contributed by atoms with E-state index in [-0.39, 0.29) is 17.7 Å². The van der Waals surface area contributed by atoms with Crippen molar-refractivity contribution in [1.82, 2.24) is 25.1 Å². The molecule has 0 bridgehead atoms. The number of hydrogen-bond acceptors (Lipinski definition) is 6. The lowest BCUT2D eigenvalue weighted by Crippen LogP contribution is -2.59. The van der Waals surface area contributed by atoms with Crippen molar-refractivity contribution in [2.45, 2.75) is 32.7 Å². The van der Waals surface area contributed by atoms with Gasteiger partial charge in [-0.25, -0.2) is 0 Å². The highest BCUT2D eigenvalue weighted by molar-refractivity contribution is 7.08. The number of piperazine rings is 1. The van der Waals surface area contributed by atoms with Gasteiger partial charge in [0, 0.05) is 26.2 Å². The van der Waals surface area contributed by atoms with Crippen molar-refractivity contribution in [2.24, 2.45) is 0 Å². The van der Waals surface area contributed by atoms with Crippen molar-refractivity contribution in [3.05, 3.63) is 10.6 Å². The van der Waals surface area contributed by atoms with E-state index in [1.165, 1.54) is 0 Å². The van der Waals surface area contributed by atoms with Gasteiger partial charge in [-0.05, 0) is 24.4 Å². The molecule has 1 saturated heterocycles. The van der Waals surface area contributed by atoms with Crippen molar-refractivity contribution < 1.29 is 9.59 Å². The SMILES string of the molecule is CCNC(=O)C1CNCCN1C(=O)c1snnc1C(C)C. The quantitative estimate of drug-likeness (QED) is 0.830. The number of carbonyl (C=O) groups excluding carboxylic acids is 2. The van der Waals surface area contributed by atoms with Crippen LogP contribution in [0, 0.1) is 0 Å². The molecule has 0 spiro atoms.